The lowest BCUT2D eigenvalue weighted by atomic mass is 9.96. The lowest BCUT2D eigenvalue weighted by Crippen LogP contribution is -2.54. The summed E-state index contributed by atoms with van der Waals surface area (Å²) in [5.74, 6) is 1.38. The molecule has 194 valence electrons. The molecule has 39 heavy (non-hydrogen) atoms. The lowest BCUT2D eigenvalue weighted by molar-refractivity contribution is -0.122. The van der Waals surface area contributed by atoms with E-state index in [0.717, 1.165) is 11.1 Å². The highest BCUT2D eigenvalue weighted by Gasteiger charge is 2.34. The van der Waals surface area contributed by atoms with E-state index in [2.05, 4.69) is 5.32 Å². The third kappa shape index (κ3) is 5.37. The van der Waals surface area contributed by atoms with Crippen LogP contribution in [0, 0.1) is 0 Å². The van der Waals surface area contributed by atoms with Crippen LogP contribution in [0.1, 0.15) is 5.56 Å². The van der Waals surface area contributed by atoms with E-state index in [1.807, 2.05) is 72.8 Å². The van der Waals surface area contributed by atoms with Gasteiger partial charge in [0.2, 0.25) is 0 Å². The smallest absolute Gasteiger partial charge is 0.270 e. The largest absolute Gasteiger partial charge is 0.493 e. The number of ether oxygens (including phenoxy) is 3. The number of carbonyl (C=O) groups excluding carboxylic acids is 2. The Morgan fingerprint density at radius 1 is 0.769 bits per heavy atom. The van der Waals surface area contributed by atoms with Gasteiger partial charge >= 0.3 is 0 Å². The van der Waals surface area contributed by atoms with Crippen LogP contribution >= 0.6 is 12.2 Å². The van der Waals surface area contributed by atoms with Crippen LogP contribution in [0.3, 0.4) is 0 Å². The molecule has 4 aromatic rings. The molecule has 0 unspecified atom stereocenters. The van der Waals surface area contributed by atoms with E-state index < -0.39 is 11.8 Å². The maximum Gasteiger partial charge on any atom is 0.270 e. The highest BCUT2D eigenvalue weighted by molar-refractivity contribution is 7.80. The van der Waals surface area contributed by atoms with Crippen molar-refractivity contribution in [2.45, 2.75) is 0 Å². The summed E-state index contributed by atoms with van der Waals surface area (Å²) < 4.78 is 16.6. The topological polar surface area (TPSA) is 77.1 Å². The van der Waals surface area contributed by atoms with Crippen LogP contribution < -0.4 is 24.4 Å². The van der Waals surface area contributed by atoms with E-state index >= 15 is 0 Å². The predicted molar refractivity (Wildman–Crippen MR) is 154 cm³/mol. The highest BCUT2D eigenvalue weighted by Crippen LogP contribution is 2.35. The summed E-state index contributed by atoms with van der Waals surface area (Å²) in [7, 11) is 3.14. The van der Waals surface area contributed by atoms with Gasteiger partial charge in [0.25, 0.3) is 11.8 Å². The van der Waals surface area contributed by atoms with Crippen molar-refractivity contribution in [3.63, 3.8) is 0 Å². The van der Waals surface area contributed by atoms with Crippen molar-refractivity contribution in [2.75, 3.05) is 19.1 Å². The first-order chi connectivity index (χ1) is 19.0. The number of amides is 2. The lowest BCUT2D eigenvalue weighted by Gasteiger charge is -2.29. The molecular weight excluding hydrogens is 512 g/mol. The molecular formula is C31H24N2O5S. The number of methoxy groups -OCH3 is 2. The van der Waals surface area contributed by atoms with Gasteiger partial charge in [-0.25, -0.2) is 0 Å². The van der Waals surface area contributed by atoms with Crippen LogP contribution in [-0.4, -0.2) is 31.1 Å². The molecule has 0 saturated carbocycles. The second-order valence-electron chi connectivity index (χ2n) is 8.52. The van der Waals surface area contributed by atoms with Crippen LogP contribution in [0.2, 0.25) is 0 Å². The third-order valence-electron chi connectivity index (χ3n) is 6.13. The number of nitrogens with zero attached hydrogens (tertiary/aromatic N) is 1. The Morgan fingerprint density at radius 2 is 1.44 bits per heavy atom. The zero-order valence-electron chi connectivity index (χ0n) is 21.2. The number of carbonyl (C=O) groups is 2. The van der Waals surface area contributed by atoms with Gasteiger partial charge in [0.1, 0.15) is 17.1 Å². The molecule has 8 heteroatoms. The first kappa shape index (κ1) is 25.7. The fourth-order valence-corrected chi connectivity index (χ4v) is 4.51. The predicted octanol–water partition coefficient (Wildman–Crippen LogP) is 5.99. The Balaban J connectivity index is 1.46. The van der Waals surface area contributed by atoms with Gasteiger partial charge in [0, 0.05) is 0 Å². The van der Waals surface area contributed by atoms with Crippen molar-refractivity contribution >= 4 is 40.9 Å². The van der Waals surface area contributed by atoms with E-state index in [1.54, 1.807) is 44.6 Å². The average Bonchev–Trinajstić information content (AvgIpc) is 2.96. The third-order valence-corrected chi connectivity index (χ3v) is 6.42. The standard InChI is InChI=1S/C31H24N2O5S/c1-36-27-17-12-21(19-28(27)37-2)25-11-7-6-8-20(25)18-26-29(34)32-31(39)33(30(26)35)22-13-15-24(16-14-22)38-23-9-4-3-5-10-23/h3-19H,1-2H3,(H,32,34,39)/b26-18+. The van der Waals surface area contributed by atoms with Crippen LogP contribution in [0.25, 0.3) is 17.2 Å². The molecule has 0 bridgehead atoms. The number of hydrogen-bond donors (Lipinski definition) is 1. The molecule has 2 amide bonds. The fourth-order valence-electron chi connectivity index (χ4n) is 4.22. The van der Waals surface area contributed by atoms with Crippen LogP contribution in [0.5, 0.6) is 23.0 Å². The Kier molecular flexibility index (Phi) is 7.38. The summed E-state index contributed by atoms with van der Waals surface area (Å²) in [5, 5.41) is 2.64. The molecule has 1 N–H and O–H groups in total. The van der Waals surface area contributed by atoms with Crippen LogP contribution in [0.15, 0.2) is 103 Å². The van der Waals surface area contributed by atoms with E-state index in [0.29, 0.717) is 34.2 Å². The summed E-state index contributed by atoms with van der Waals surface area (Å²) in [6.45, 7) is 0. The number of hydrogen-bond acceptors (Lipinski definition) is 6. The van der Waals surface area contributed by atoms with E-state index in [1.165, 1.54) is 4.90 Å². The molecule has 1 aliphatic rings. The number of benzene rings is 4. The van der Waals surface area contributed by atoms with Gasteiger partial charge in [0.15, 0.2) is 16.6 Å². The minimum absolute atomic E-state index is 0.00653. The molecule has 0 aliphatic carbocycles. The second kappa shape index (κ2) is 11.2. The molecule has 1 saturated heterocycles. The normalized spacial score (nSPS) is 14.3. The first-order valence-corrected chi connectivity index (χ1v) is 12.4. The van der Waals surface area contributed by atoms with Crippen molar-refractivity contribution in [1.29, 1.82) is 0 Å². The monoisotopic (exact) mass is 536 g/mol. The maximum atomic E-state index is 13.6. The van der Waals surface area contributed by atoms with Crippen LogP contribution in [-0.2, 0) is 9.59 Å². The van der Waals surface area contributed by atoms with Gasteiger partial charge < -0.3 is 14.2 Å². The van der Waals surface area contributed by atoms with Gasteiger partial charge in [-0.05, 0) is 83.5 Å². The minimum Gasteiger partial charge on any atom is -0.493 e. The number of thiocarbonyl (C=S) groups is 1. The molecule has 1 heterocycles. The van der Waals surface area contributed by atoms with Crippen molar-refractivity contribution in [3.8, 4) is 34.1 Å². The maximum absolute atomic E-state index is 13.6. The van der Waals surface area contributed by atoms with E-state index in [9.17, 15) is 9.59 Å². The Bertz CT molecular complexity index is 1580. The average molecular weight is 537 g/mol. The van der Waals surface area contributed by atoms with Gasteiger partial charge in [-0.3, -0.25) is 19.8 Å². The summed E-state index contributed by atoms with van der Waals surface area (Å²) >= 11 is 5.36. The zero-order chi connectivity index (χ0) is 27.4. The molecule has 0 radical (unpaired) electrons. The molecule has 1 fully saturated rings. The summed E-state index contributed by atoms with van der Waals surface area (Å²) in [5.41, 5.74) is 2.80. The summed E-state index contributed by atoms with van der Waals surface area (Å²) in [4.78, 5) is 27.8. The van der Waals surface area contributed by atoms with Gasteiger partial charge in [0.05, 0.1) is 19.9 Å². The SMILES string of the molecule is COc1ccc(-c2ccccc2/C=C2\C(=O)NC(=S)N(c3ccc(Oc4ccccc4)cc3)C2=O)cc1OC. The molecule has 1 aliphatic heterocycles. The highest BCUT2D eigenvalue weighted by atomic mass is 32.1. The minimum atomic E-state index is -0.563. The molecule has 0 spiro atoms. The summed E-state index contributed by atoms with van der Waals surface area (Å²) in [6, 6.07) is 29.3. The number of para-hydroxylation sites is 1. The second-order valence-corrected chi connectivity index (χ2v) is 8.91. The van der Waals surface area contributed by atoms with E-state index in [-0.39, 0.29) is 10.7 Å². The number of rotatable bonds is 7. The van der Waals surface area contributed by atoms with Crippen molar-refractivity contribution in [3.05, 3.63) is 108 Å². The first-order valence-electron chi connectivity index (χ1n) is 12.0. The quantitative estimate of drug-likeness (QED) is 0.178. The van der Waals surface area contributed by atoms with Gasteiger partial charge in [-0.2, -0.15) is 0 Å². The fraction of sp³-hybridized carbons (Fsp3) is 0.0645. The van der Waals surface area contributed by atoms with E-state index in [4.69, 9.17) is 26.4 Å². The molecule has 5 rings (SSSR count). The number of anilines is 1. The van der Waals surface area contributed by atoms with Gasteiger partial charge in [-0.15, -0.1) is 0 Å². The Morgan fingerprint density at radius 3 is 2.15 bits per heavy atom. The van der Waals surface area contributed by atoms with Crippen molar-refractivity contribution in [2.24, 2.45) is 0 Å². The van der Waals surface area contributed by atoms with Crippen molar-refractivity contribution < 1.29 is 23.8 Å². The zero-order valence-corrected chi connectivity index (χ0v) is 22.0. The molecule has 0 atom stereocenters. The van der Waals surface area contributed by atoms with Crippen molar-refractivity contribution in [1.82, 2.24) is 5.32 Å². The Hall–Kier alpha value is -4.95. The van der Waals surface area contributed by atoms with Gasteiger partial charge in [-0.1, -0.05) is 48.5 Å². The molecule has 4 aromatic carbocycles. The number of nitrogens with one attached hydrogen (secondary N) is 1. The molecule has 0 aromatic heterocycles. The van der Waals surface area contributed by atoms with Crippen LogP contribution in [0.4, 0.5) is 5.69 Å². The molecule has 7 nitrogen and oxygen atoms in total. The Labute approximate surface area is 231 Å². The summed E-state index contributed by atoms with van der Waals surface area (Å²) in [6.07, 6.45) is 1.57.